The van der Waals surface area contributed by atoms with Gasteiger partial charge in [-0.05, 0) is 42.3 Å². The molecular weight excluding hydrogens is 400 g/mol. The smallest absolute Gasteiger partial charge is 0.203 e. The first-order chi connectivity index (χ1) is 14.7. The molecule has 0 saturated heterocycles. The average molecular weight is 427 g/mol. The Morgan fingerprint density at radius 1 is 0.933 bits per heavy atom. The molecule has 1 atom stereocenters. The van der Waals surface area contributed by atoms with Gasteiger partial charge >= 0.3 is 0 Å². The van der Waals surface area contributed by atoms with E-state index in [-0.39, 0.29) is 6.04 Å². The third-order valence-electron chi connectivity index (χ3n) is 5.68. The lowest BCUT2D eigenvalue weighted by Crippen LogP contribution is -2.29. The van der Waals surface area contributed by atoms with Crippen LogP contribution in [0.1, 0.15) is 29.3 Å². The molecule has 1 aliphatic heterocycles. The zero-order valence-electron chi connectivity index (χ0n) is 17.6. The van der Waals surface area contributed by atoms with Gasteiger partial charge in [0, 0.05) is 42.1 Å². The summed E-state index contributed by atoms with van der Waals surface area (Å²) in [7, 11) is 4.94. The van der Waals surface area contributed by atoms with Crippen LogP contribution in [0, 0.1) is 0 Å². The van der Waals surface area contributed by atoms with Crippen molar-refractivity contribution < 1.29 is 14.2 Å². The number of methoxy groups -OCH3 is 3. The van der Waals surface area contributed by atoms with Crippen LogP contribution < -0.4 is 14.2 Å². The number of nitrogens with zero attached hydrogens (tertiary/aromatic N) is 2. The van der Waals surface area contributed by atoms with Crippen LogP contribution in [0.25, 0.3) is 0 Å². The molecule has 0 bridgehead atoms. The number of benzene rings is 2. The molecule has 0 radical (unpaired) electrons. The number of rotatable bonds is 6. The molecular formula is C24H27ClN2O3. The average Bonchev–Trinajstić information content (AvgIpc) is 3.14. The Kier molecular flexibility index (Phi) is 6.21. The zero-order valence-corrected chi connectivity index (χ0v) is 18.4. The number of ether oxygens (including phenoxy) is 3. The van der Waals surface area contributed by atoms with Crippen molar-refractivity contribution in [1.29, 1.82) is 0 Å². The Balaban J connectivity index is 1.77. The van der Waals surface area contributed by atoms with Gasteiger partial charge in [0.15, 0.2) is 11.5 Å². The number of aryl methyl sites for hydroxylation is 1. The van der Waals surface area contributed by atoms with E-state index in [2.05, 4.69) is 46.0 Å². The minimum atomic E-state index is 0.0963. The second-order valence-corrected chi connectivity index (χ2v) is 7.84. The first-order valence-electron chi connectivity index (χ1n) is 10.1. The summed E-state index contributed by atoms with van der Waals surface area (Å²) in [4.78, 5) is 2.48. The van der Waals surface area contributed by atoms with E-state index >= 15 is 0 Å². The van der Waals surface area contributed by atoms with E-state index in [1.807, 2.05) is 18.2 Å². The minimum Gasteiger partial charge on any atom is -0.493 e. The van der Waals surface area contributed by atoms with Crippen molar-refractivity contribution in [3.63, 3.8) is 0 Å². The summed E-state index contributed by atoms with van der Waals surface area (Å²) in [6, 6.07) is 16.6. The van der Waals surface area contributed by atoms with E-state index in [1.165, 1.54) is 11.3 Å². The van der Waals surface area contributed by atoms with Gasteiger partial charge in [-0.15, -0.1) is 0 Å². The van der Waals surface area contributed by atoms with Gasteiger partial charge < -0.3 is 18.8 Å². The number of fused-ring (bicyclic) bond motifs is 1. The van der Waals surface area contributed by atoms with Crippen LogP contribution >= 0.6 is 11.6 Å². The van der Waals surface area contributed by atoms with E-state index in [0.717, 1.165) is 30.1 Å². The van der Waals surface area contributed by atoms with Crippen LogP contribution in [0.4, 0.5) is 0 Å². The number of hydrogen-bond donors (Lipinski definition) is 0. The molecule has 5 nitrogen and oxygen atoms in total. The highest BCUT2D eigenvalue weighted by atomic mass is 35.5. The molecule has 158 valence electrons. The zero-order chi connectivity index (χ0) is 21.1. The van der Waals surface area contributed by atoms with Gasteiger partial charge in [0.1, 0.15) is 0 Å². The second-order valence-electron chi connectivity index (χ2n) is 7.40. The number of aromatic nitrogens is 1. The largest absolute Gasteiger partial charge is 0.493 e. The van der Waals surface area contributed by atoms with Crippen molar-refractivity contribution in [2.75, 3.05) is 27.9 Å². The molecule has 0 aliphatic carbocycles. The molecule has 30 heavy (non-hydrogen) atoms. The quantitative estimate of drug-likeness (QED) is 0.545. The van der Waals surface area contributed by atoms with E-state index in [9.17, 15) is 0 Å². The molecule has 1 unspecified atom stereocenters. The first-order valence-corrected chi connectivity index (χ1v) is 10.5. The predicted octanol–water partition coefficient (Wildman–Crippen LogP) is 5.16. The molecule has 0 N–H and O–H groups in total. The lowest BCUT2D eigenvalue weighted by Gasteiger charge is -2.31. The van der Waals surface area contributed by atoms with Crippen LogP contribution in [-0.4, -0.2) is 37.3 Å². The molecule has 4 rings (SSSR count). The van der Waals surface area contributed by atoms with Crippen molar-refractivity contribution in [2.45, 2.75) is 25.6 Å². The maximum Gasteiger partial charge on any atom is 0.203 e. The van der Waals surface area contributed by atoms with Gasteiger partial charge in [0.25, 0.3) is 0 Å². The van der Waals surface area contributed by atoms with E-state index in [0.29, 0.717) is 23.8 Å². The molecule has 3 aromatic rings. The fourth-order valence-electron chi connectivity index (χ4n) is 4.37. The van der Waals surface area contributed by atoms with Gasteiger partial charge in [-0.2, -0.15) is 0 Å². The summed E-state index contributed by atoms with van der Waals surface area (Å²) < 4.78 is 19.1. The standard InChI is InChI=1S/C24H27ClN2O3/c1-28-21-11-10-18(23(29-2)24(21)30-3)16-27-14-6-13-26-12-5-9-20(26)22(27)17-7-4-8-19(25)15-17/h4-5,7-12,15,22H,6,13-14,16H2,1-3H3. The van der Waals surface area contributed by atoms with E-state index < -0.39 is 0 Å². The molecule has 1 aliphatic rings. The summed E-state index contributed by atoms with van der Waals surface area (Å²) in [5, 5.41) is 0.749. The fourth-order valence-corrected chi connectivity index (χ4v) is 4.57. The van der Waals surface area contributed by atoms with Gasteiger partial charge in [-0.3, -0.25) is 4.90 Å². The molecule has 0 saturated carbocycles. The Morgan fingerprint density at radius 2 is 1.77 bits per heavy atom. The summed E-state index contributed by atoms with van der Waals surface area (Å²) in [5.41, 5.74) is 3.51. The molecule has 0 amide bonds. The lowest BCUT2D eigenvalue weighted by molar-refractivity contribution is 0.216. The maximum atomic E-state index is 6.36. The summed E-state index contributed by atoms with van der Waals surface area (Å²) in [6.45, 7) is 2.67. The SMILES string of the molecule is COc1ccc(CN2CCCn3cccc3C2c2cccc(Cl)c2)c(OC)c1OC. The lowest BCUT2D eigenvalue weighted by atomic mass is 10.0. The van der Waals surface area contributed by atoms with Gasteiger partial charge in [0.2, 0.25) is 5.75 Å². The fraction of sp³-hybridized carbons (Fsp3) is 0.333. The topological polar surface area (TPSA) is 35.9 Å². The molecule has 0 fully saturated rings. The Labute approximate surface area is 182 Å². The van der Waals surface area contributed by atoms with Crippen LogP contribution in [0.5, 0.6) is 17.2 Å². The molecule has 6 heteroatoms. The molecule has 2 heterocycles. The van der Waals surface area contributed by atoms with Crippen LogP contribution in [0.2, 0.25) is 5.02 Å². The van der Waals surface area contributed by atoms with Crippen LogP contribution in [0.15, 0.2) is 54.7 Å². The second kappa shape index (κ2) is 9.02. The van der Waals surface area contributed by atoms with Crippen LogP contribution in [0.3, 0.4) is 0 Å². The highest BCUT2D eigenvalue weighted by molar-refractivity contribution is 6.30. The molecule has 0 spiro atoms. The van der Waals surface area contributed by atoms with Crippen molar-refractivity contribution in [2.24, 2.45) is 0 Å². The maximum absolute atomic E-state index is 6.36. The Morgan fingerprint density at radius 3 is 2.50 bits per heavy atom. The summed E-state index contributed by atoms with van der Waals surface area (Å²) in [6.07, 6.45) is 3.22. The Bertz CT molecular complexity index is 1020. The highest BCUT2D eigenvalue weighted by Crippen LogP contribution is 2.42. The van der Waals surface area contributed by atoms with Gasteiger partial charge in [0.05, 0.1) is 27.4 Å². The van der Waals surface area contributed by atoms with Gasteiger partial charge in [-0.1, -0.05) is 29.8 Å². The van der Waals surface area contributed by atoms with E-state index in [1.54, 1.807) is 21.3 Å². The first kappa shape index (κ1) is 20.6. The van der Waals surface area contributed by atoms with Crippen molar-refractivity contribution >= 4 is 11.6 Å². The molecule has 2 aromatic carbocycles. The number of hydrogen-bond acceptors (Lipinski definition) is 4. The van der Waals surface area contributed by atoms with Crippen molar-refractivity contribution in [3.8, 4) is 17.2 Å². The van der Waals surface area contributed by atoms with Crippen molar-refractivity contribution in [3.05, 3.63) is 76.6 Å². The summed E-state index contributed by atoms with van der Waals surface area (Å²) >= 11 is 6.36. The highest BCUT2D eigenvalue weighted by Gasteiger charge is 2.29. The third kappa shape index (κ3) is 3.87. The Hall–Kier alpha value is -2.63. The van der Waals surface area contributed by atoms with Crippen LogP contribution in [-0.2, 0) is 13.1 Å². The minimum absolute atomic E-state index is 0.0963. The number of halogens is 1. The predicted molar refractivity (Wildman–Crippen MR) is 119 cm³/mol. The van der Waals surface area contributed by atoms with Crippen molar-refractivity contribution in [1.82, 2.24) is 9.47 Å². The van der Waals surface area contributed by atoms with Gasteiger partial charge in [-0.25, -0.2) is 0 Å². The summed E-state index contributed by atoms with van der Waals surface area (Å²) in [5.74, 6) is 1.99. The monoisotopic (exact) mass is 426 g/mol. The third-order valence-corrected chi connectivity index (χ3v) is 5.91. The normalized spacial score (nSPS) is 16.6. The molecule has 1 aromatic heterocycles. The van der Waals surface area contributed by atoms with E-state index in [4.69, 9.17) is 25.8 Å².